The summed E-state index contributed by atoms with van der Waals surface area (Å²) in [5, 5.41) is 16.7. The molecule has 0 saturated carbocycles. The summed E-state index contributed by atoms with van der Waals surface area (Å²) in [5.74, 6) is -1.42. The van der Waals surface area contributed by atoms with Gasteiger partial charge in [0, 0.05) is 0 Å². The molecule has 0 aliphatic heterocycles. The fourth-order valence-electron chi connectivity index (χ4n) is 1.32. The predicted molar refractivity (Wildman–Crippen MR) is 69.1 cm³/mol. The number of hydrogen-bond acceptors (Lipinski definition) is 7. The van der Waals surface area contributed by atoms with E-state index in [1.807, 2.05) is 0 Å². The van der Waals surface area contributed by atoms with E-state index < -0.39 is 18.1 Å². The highest BCUT2D eigenvalue weighted by Gasteiger charge is 2.12. The van der Waals surface area contributed by atoms with E-state index >= 15 is 0 Å². The van der Waals surface area contributed by atoms with Gasteiger partial charge in [0.05, 0.1) is 11.1 Å². The molecule has 0 amide bonds. The molecule has 0 aliphatic rings. The van der Waals surface area contributed by atoms with E-state index in [9.17, 15) is 9.59 Å². The van der Waals surface area contributed by atoms with Crippen molar-refractivity contribution in [3.63, 3.8) is 0 Å². The fourth-order valence-corrected chi connectivity index (χ4v) is 1.32. The Labute approximate surface area is 125 Å². The first-order chi connectivity index (χ1) is 10.5. The molecule has 0 atom stereocenters. The van der Waals surface area contributed by atoms with E-state index in [0.717, 1.165) is 0 Å². The highest BCUT2D eigenvalue weighted by molar-refractivity contribution is 5.92. The maximum Gasteiger partial charge on any atom is 0.386 e. The topological polar surface area (TPSA) is 116 Å². The van der Waals surface area contributed by atoms with Gasteiger partial charge in [-0.3, -0.25) is 0 Å². The summed E-state index contributed by atoms with van der Waals surface area (Å²) in [6, 6.07) is 16.6. The minimum absolute atomic E-state index is 0.318. The van der Waals surface area contributed by atoms with Crippen molar-refractivity contribution in [2.75, 3.05) is 0 Å². The molecule has 0 radical (unpaired) electrons. The number of hydrogen-bond donors (Lipinski definition) is 0. The summed E-state index contributed by atoms with van der Waals surface area (Å²) in [5.41, 5.74) is 0.636. The van der Waals surface area contributed by atoms with Crippen LogP contribution in [0.4, 0.5) is 4.79 Å². The van der Waals surface area contributed by atoms with E-state index in [1.54, 1.807) is 60.7 Å². The molecule has 0 aliphatic carbocycles. The van der Waals surface area contributed by atoms with Crippen LogP contribution in [-0.2, 0) is 9.78 Å². The zero-order valence-electron chi connectivity index (χ0n) is 11.1. The molecular weight excluding hydrogens is 292 g/mol. The fraction of sp³-hybridized carbons (Fsp3) is 0. The zero-order valence-corrected chi connectivity index (χ0v) is 11.1. The summed E-state index contributed by atoms with van der Waals surface area (Å²) in [6.45, 7) is 0. The lowest BCUT2D eigenvalue weighted by molar-refractivity contribution is -0.415. The smallest absolute Gasteiger partial charge is 0.386 e. The third-order valence-electron chi connectivity index (χ3n) is 2.21. The quantitative estimate of drug-likeness (QED) is 0.573. The van der Waals surface area contributed by atoms with Crippen LogP contribution < -0.4 is 10.2 Å². The third kappa shape index (κ3) is 6.20. The monoisotopic (exact) mass is 302 g/mol. The predicted octanol–water partition coefficient (Wildman–Crippen LogP) is 0.168. The molecule has 0 bridgehead atoms. The Morgan fingerprint density at radius 2 is 0.909 bits per heavy atom. The first-order valence-electron chi connectivity index (χ1n) is 5.92. The van der Waals surface area contributed by atoms with E-state index in [-0.39, 0.29) is 0 Å². The average molecular weight is 302 g/mol. The Balaban J connectivity index is 0.000000541. The van der Waals surface area contributed by atoms with Crippen LogP contribution in [0, 0.1) is 0 Å². The standard InChI is InChI=1S/C14H10O4.CH2O3/c15-13(11-7-3-1-4-8-11)17-18-14(16)12-9-5-2-6-10-12;2-1(3)4/h1-10H;(H2,2,3,4)/p-2. The molecule has 0 fully saturated rings. The number of carbonyl (C=O) groups excluding carboxylic acids is 3. The van der Waals surface area contributed by atoms with Crippen molar-refractivity contribution in [1.29, 1.82) is 0 Å². The van der Waals surface area contributed by atoms with Gasteiger partial charge < -0.3 is 15.0 Å². The molecule has 7 nitrogen and oxygen atoms in total. The third-order valence-corrected chi connectivity index (χ3v) is 2.21. The molecular formula is C15H10O7-2. The Morgan fingerprint density at radius 3 is 1.18 bits per heavy atom. The van der Waals surface area contributed by atoms with Crippen LogP contribution in [0.1, 0.15) is 20.7 Å². The maximum absolute atomic E-state index is 11.5. The van der Waals surface area contributed by atoms with Gasteiger partial charge in [0.1, 0.15) is 0 Å². The number of benzene rings is 2. The normalized spacial score (nSPS) is 8.91. The lowest BCUT2D eigenvalue weighted by Gasteiger charge is -2.02. The summed E-state index contributed by atoms with van der Waals surface area (Å²) >= 11 is 0. The van der Waals surface area contributed by atoms with Crippen molar-refractivity contribution in [3.8, 4) is 0 Å². The van der Waals surface area contributed by atoms with Crippen molar-refractivity contribution < 1.29 is 34.4 Å². The van der Waals surface area contributed by atoms with Gasteiger partial charge in [-0.1, -0.05) is 36.4 Å². The van der Waals surface area contributed by atoms with E-state index in [4.69, 9.17) is 15.0 Å². The minimum atomic E-state index is -2.33. The summed E-state index contributed by atoms with van der Waals surface area (Å²) in [7, 11) is 0. The zero-order chi connectivity index (χ0) is 16.4. The van der Waals surface area contributed by atoms with Crippen LogP contribution in [0.5, 0.6) is 0 Å². The average Bonchev–Trinajstić information content (AvgIpc) is 2.53. The molecule has 0 spiro atoms. The van der Waals surface area contributed by atoms with Gasteiger partial charge in [-0.25, -0.2) is 19.4 Å². The molecule has 7 heteroatoms. The molecule has 0 saturated heterocycles. The molecule has 2 aromatic rings. The number of carboxylic acid groups (broad SMARTS) is 2. The first-order valence-corrected chi connectivity index (χ1v) is 5.92. The molecule has 0 aromatic heterocycles. The largest absolute Gasteiger partial charge is 0.652 e. The van der Waals surface area contributed by atoms with Crippen LogP contribution in [0.2, 0.25) is 0 Å². The Kier molecular flexibility index (Phi) is 6.64. The molecule has 0 heterocycles. The molecule has 114 valence electrons. The van der Waals surface area contributed by atoms with Crippen molar-refractivity contribution in [2.45, 2.75) is 0 Å². The summed E-state index contributed by atoms with van der Waals surface area (Å²) in [4.78, 5) is 40.2. The molecule has 2 aromatic carbocycles. The van der Waals surface area contributed by atoms with Crippen molar-refractivity contribution in [2.24, 2.45) is 0 Å². The number of carbonyl (C=O) groups is 3. The minimum Gasteiger partial charge on any atom is -0.652 e. The Hall–Kier alpha value is -3.35. The van der Waals surface area contributed by atoms with E-state index in [0.29, 0.717) is 11.1 Å². The van der Waals surface area contributed by atoms with Crippen LogP contribution in [0.3, 0.4) is 0 Å². The number of rotatable bonds is 2. The van der Waals surface area contributed by atoms with Gasteiger partial charge in [-0.05, 0) is 30.4 Å². The second-order valence-electron chi connectivity index (χ2n) is 3.72. The first kappa shape index (κ1) is 16.7. The molecule has 0 N–H and O–H groups in total. The van der Waals surface area contributed by atoms with Gasteiger partial charge in [0.2, 0.25) is 0 Å². The van der Waals surface area contributed by atoms with Gasteiger partial charge in [-0.15, -0.1) is 0 Å². The Bertz CT molecular complexity index is 567. The van der Waals surface area contributed by atoms with Gasteiger partial charge in [0.25, 0.3) is 0 Å². The second kappa shape index (κ2) is 8.75. The molecule has 0 unspecified atom stereocenters. The molecule has 2 rings (SSSR count). The second-order valence-corrected chi connectivity index (χ2v) is 3.72. The van der Waals surface area contributed by atoms with Crippen molar-refractivity contribution >= 4 is 18.1 Å². The Morgan fingerprint density at radius 1 is 0.636 bits per heavy atom. The maximum atomic E-state index is 11.5. The van der Waals surface area contributed by atoms with Crippen LogP contribution in [0.15, 0.2) is 60.7 Å². The lowest BCUT2D eigenvalue weighted by atomic mass is 10.2. The van der Waals surface area contributed by atoms with Crippen LogP contribution in [0.25, 0.3) is 0 Å². The van der Waals surface area contributed by atoms with Gasteiger partial charge in [-0.2, -0.15) is 0 Å². The van der Waals surface area contributed by atoms with E-state index in [2.05, 4.69) is 9.78 Å². The SMILES string of the molecule is O=C(OOC(=O)c1ccccc1)c1ccccc1.O=C([O-])[O-]. The lowest BCUT2D eigenvalue weighted by Crippen LogP contribution is -2.37. The van der Waals surface area contributed by atoms with Crippen molar-refractivity contribution in [3.05, 3.63) is 71.8 Å². The van der Waals surface area contributed by atoms with Gasteiger partial charge >= 0.3 is 11.9 Å². The van der Waals surface area contributed by atoms with E-state index in [1.165, 1.54) is 0 Å². The highest BCUT2D eigenvalue weighted by Crippen LogP contribution is 2.05. The summed E-state index contributed by atoms with van der Waals surface area (Å²) < 4.78 is 0. The van der Waals surface area contributed by atoms with Crippen LogP contribution >= 0.6 is 0 Å². The summed E-state index contributed by atoms with van der Waals surface area (Å²) in [6.07, 6.45) is -2.33. The highest BCUT2D eigenvalue weighted by atomic mass is 17.2. The van der Waals surface area contributed by atoms with Crippen molar-refractivity contribution in [1.82, 2.24) is 0 Å². The van der Waals surface area contributed by atoms with Gasteiger partial charge in [0.15, 0.2) is 0 Å². The van der Waals surface area contributed by atoms with Crippen LogP contribution in [-0.4, -0.2) is 18.1 Å². The molecule has 22 heavy (non-hydrogen) atoms.